The third kappa shape index (κ3) is 3.98. The van der Waals surface area contributed by atoms with Crippen molar-refractivity contribution < 1.29 is 4.74 Å². The largest absolute Gasteiger partial charge is 0.380 e. The molecule has 0 aliphatic rings. The van der Waals surface area contributed by atoms with Gasteiger partial charge >= 0.3 is 0 Å². The summed E-state index contributed by atoms with van der Waals surface area (Å²) in [5.74, 6) is 0. The van der Waals surface area contributed by atoms with E-state index in [0.29, 0.717) is 12.6 Å². The average molecular weight is 260 g/mol. The van der Waals surface area contributed by atoms with Crippen molar-refractivity contribution in [3.63, 3.8) is 0 Å². The number of halogens is 1. The Bertz CT molecular complexity index is 352. The summed E-state index contributed by atoms with van der Waals surface area (Å²) in [6.07, 6.45) is 0.862. The molecular weight excluding hydrogens is 238 g/mol. The maximum Gasteiger partial charge on any atom is 0.0863 e. The summed E-state index contributed by atoms with van der Waals surface area (Å²) in [6, 6.07) is 0.311. The van der Waals surface area contributed by atoms with Crippen molar-refractivity contribution in [2.75, 3.05) is 13.2 Å². The van der Waals surface area contributed by atoms with Gasteiger partial charge in [-0.05, 0) is 20.3 Å². The number of rotatable bonds is 7. The first-order chi connectivity index (χ1) is 8.10. The molecule has 0 bridgehead atoms. The van der Waals surface area contributed by atoms with Crippen molar-refractivity contribution in [3.05, 3.63) is 16.4 Å². The van der Waals surface area contributed by atoms with E-state index in [-0.39, 0.29) is 0 Å². The molecule has 0 amide bonds. The van der Waals surface area contributed by atoms with Crippen molar-refractivity contribution in [3.8, 4) is 0 Å². The monoisotopic (exact) mass is 259 g/mol. The van der Waals surface area contributed by atoms with E-state index in [0.717, 1.165) is 36.0 Å². The normalized spacial score (nSPS) is 13.0. The van der Waals surface area contributed by atoms with Gasteiger partial charge in [-0.2, -0.15) is 5.10 Å². The fourth-order valence-electron chi connectivity index (χ4n) is 1.64. The van der Waals surface area contributed by atoms with Crippen molar-refractivity contribution in [1.29, 1.82) is 0 Å². The molecule has 1 aromatic rings. The Kier molecular flexibility index (Phi) is 5.95. The number of ether oxygens (including phenoxy) is 1. The summed E-state index contributed by atoms with van der Waals surface area (Å²) in [5, 5.41) is 8.55. The van der Waals surface area contributed by atoms with Gasteiger partial charge in [0.25, 0.3) is 0 Å². The van der Waals surface area contributed by atoms with E-state index in [4.69, 9.17) is 16.3 Å². The van der Waals surface area contributed by atoms with Crippen LogP contribution in [0, 0.1) is 0 Å². The molecule has 5 heteroatoms. The summed E-state index contributed by atoms with van der Waals surface area (Å²) in [6.45, 7) is 8.34. The lowest BCUT2D eigenvalue weighted by Crippen LogP contribution is -2.30. The summed E-state index contributed by atoms with van der Waals surface area (Å²) in [5.41, 5.74) is 2.00. The van der Waals surface area contributed by atoms with Crippen LogP contribution in [0.2, 0.25) is 5.02 Å². The Hall–Kier alpha value is -0.580. The quantitative estimate of drug-likeness (QED) is 0.816. The molecule has 4 nitrogen and oxygen atoms in total. The Morgan fingerprint density at radius 3 is 2.71 bits per heavy atom. The van der Waals surface area contributed by atoms with Crippen LogP contribution in [0.1, 0.15) is 32.2 Å². The second kappa shape index (κ2) is 6.99. The number of aromatic nitrogens is 2. The van der Waals surface area contributed by atoms with Gasteiger partial charge in [-0.15, -0.1) is 0 Å². The molecule has 1 N–H and O–H groups in total. The lowest BCUT2D eigenvalue weighted by molar-refractivity contribution is 0.127. The first-order valence-corrected chi connectivity index (χ1v) is 6.49. The smallest absolute Gasteiger partial charge is 0.0863 e. The molecule has 0 fully saturated rings. The minimum atomic E-state index is 0.311. The van der Waals surface area contributed by atoms with Gasteiger partial charge in [-0.25, -0.2) is 0 Å². The number of hydrogen-bond donors (Lipinski definition) is 1. The molecule has 0 aromatic carbocycles. The second-order valence-electron chi connectivity index (χ2n) is 4.13. The Labute approximate surface area is 108 Å². The van der Waals surface area contributed by atoms with Gasteiger partial charge < -0.3 is 10.1 Å². The van der Waals surface area contributed by atoms with Gasteiger partial charge in [0.2, 0.25) is 0 Å². The number of nitrogens with one attached hydrogen (secondary N) is 1. The molecule has 0 spiro atoms. The van der Waals surface area contributed by atoms with Crippen molar-refractivity contribution in [2.24, 2.45) is 7.05 Å². The number of nitrogens with zero attached hydrogens (tertiary/aromatic N) is 2. The first-order valence-electron chi connectivity index (χ1n) is 6.11. The highest BCUT2D eigenvalue weighted by atomic mass is 35.5. The van der Waals surface area contributed by atoms with Crippen LogP contribution in [0.5, 0.6) is 0 Å². The lowest BCUT2D eigenvalue weighted by atomic mass is 10.3. The van der Waals surface area contributed by atoms with Crippen LogP contribution in [0.15, 0.2) is 0 Å². The van der Waals surface area contributed by atoms with Gasteiger partial charge in [0.1, 0.15) is 0 Å². The zero-order chi connectivity index (χ0) is 12.8. The third-order valence-corrected chi connectivity index (χ3v) is 3.13. The van der Waals surface area contributed by atoms with Crippen LogP contribution in [0.25, 0.3) is 0 Å². The summed E-state index contributed by atoms with van der Waals surface area (Å²) in [4.78, 5) is 0. The lowest BCUT2D eigenvalue weighted by Gasteiger charge is -2.13. The van der Waals surface area contributed by atoms with Gasteiger partial charge in [0.05, 0.1) is 23.0 Å². The SMILES string of the molecule is CCOCC(C)NCc1c(Cl)c(CC)nn1C. The molecular formula is C12H22ClN3O. The van der Waals surface area contributed by atoms with Crippen molar-refractivity contribution >= 4 is 11.6 Å². The summed E-state index contributed by atoms with van der Waals surface area (Å²) < 4.78 is 7.20. The highest BCUT2D eigenvalue weighted by Gasteiger charge is 2.13. The molecule has 0 saturated carbocycles. The van der Waals surface area contributed by atoms with E-state index >= 15 is 0 Å². The maximum atomic E-state index is 6.26. The molecule has 0 radical (unpaired) electrons. The first kappa shape index (κ1) is 14.5. The van der Waals surface area contributed by atoms with Gasteiger partial charge in [-0.3, -0.25) is 4.68 Å². The molecule has 1 aromatic heterocycles. The van der Waals surface area contributed by atoms with Crippen LogP contribution in [-0.4, -0.2) is 29.0 Å². The minimum Gasteiger partial charge on any atom is -0.380 e. The van der Waals surface area contributed by atoms with E-state index < -0.39 is 0 Å². The van der Waals surface area contributed by atoms with E-state index in [1.165, 1.54) is 0 Å². The van der Waals surface area contributed by atoms with Crippen LogP contribution in [-0.2, 0) is 24.8 Å². The fraction of sp³-hybridized carbons (Fsp3) is 0.750. The van der Waals surface area contributed by atoms with Gasteiger partial charge in [0, 0.05) is 26.2 Å². The second-order valence-corrected chi connectivity index (χ2v) is 4.50. The molecule has 0 saturated heterocycles. The van der Waals surface area contributed by atoms with Crippen LogP contribution in [0.3, 0.4) is 0 Å². The Morgan fingerprint density at radius 1 is 1.47 bits per heavy atom. The minimum absolute atomic E-state index is 0.311. The maximum absolute atomic E-state index is 6.26. The summed E-state index contributed by atoms with van der Waals surface area (Å²) >= 11 is 6.26. The predicted molar refractivity (Wildman–Crippen MR) is 70.4 cm³/mol. The van der Waals surface area contributed by atoms with Crippen molar-refractivity contribution in [1.82, 2.24) is 15.1 Å². The molecule has 0 aliphatic carbocycles. The molecule has 17 heavy (non-hydrogen) atoms. The Balaban J connectivity index is 2.54. The van der Waals surface area contributed by atoms with E-state index in [1.54, 1.807) is 0 Å². The van der Waals surface area contributed by atoms with Gasteiger partial charge in [0.15, 0.2) is 0 Å². The van der Waals surface area contributed by atoms with E-state index in [1.807, 2.05) is 18.7 Å². The zero-order valence-corrected chi connectivity index (χ0v) is 11.8. The zero-order valence-electron chi connectivity index (χ0n) is 11.1. The molecule has 98 valence electrons. The average Bonchev–Trinajstić information content (AvgIpc) is 2.59. The van der Waals surface area contributed by atoms with Crippen LogP contribution < -0.4 is 5.32 Å². The highest BCUT2D eigenvalue weighted by Crippen LogP contribution is 2.20. The van der Waals surface area contributed by atoms with E-state index in [9.17, 15) is 0 Å². The molecule has 1 rings (SSSR count). The van der Waals surface area contributed by atoms with Crippen LogP contribution in [0.4, 0.5) is 0 Å². The standard InChI is InChI=1S/C12H22ClN3O/c1-5-10-12(13)11(16(4)15-10)7-14-9(3)8-17-6-2/h9,14H,5-8H2,1-4H3. The van der Waals surface area contributed by atoms with Gasteiger partial charge in [-0.1, -0.05) is 18.5 Å². The van der Waals surface area contributed by atoms with E-state index in [2.05, 4.69) is 24.3 Å². The van der Waals surface area contributed by atoms with Crippen LogP contribution >= 0.6 is 11.6 Å². The fourth-order valence-corrected chi connectivity index (χ4v) is 2.00. The Morgan fingerprint density at radius 2 is 2.18 bits per heavy atom. The predicted octanol–water partition coefficient (Wildman–Crippen LogP) is 2.15. The number of hydrogen-bond acceptors (Lipinski definition) is 3. The topological polar surface area (TPSA) is 39.1 Å². The third-order valence-electron chi connectivity index (χ3n) is 2.69. The molecule has 0 aliphatic heterocycles. The summed E-state index contributed by atoms with van der Waals surface area (Å²) in [7, 11) is 1.93. The molecule has 1 unspecified atom stereocenters. The van der Waals surface area contributed by atoms with Crippen molar-refractivity contribution in [2.45, 2.75) is 39.8 Å². The number of aryl methyl sites for hydroxylation is 2. The highest BCUT2D eigenvalue weighted by molar-refractivity contribution is 6.31. The molecule has 1 heterocycles. The molecule has 1 atom stereocenters.